The lowest BCUT2D eigenvalue weighted by Gasteiger charge is -2.41. The average molecular weight is 254 g/mol. The second-order valence-corrected chi connectivity index (χ2v) is 5.53. The molecule has 100 valence electrons. The van der Waals surface area contributed by atoms with Crippen molar-refractivity contribution in [1.82, 2.24) is 0 Å². The minimum Gasteiger partial charge on any atom is -0.320 e. The Bertz CT molecular complexity index is 399. The van der Waals surface area contributed by atoms with E-state index in [0.717, 1.165) is 24.1 Å². The van der Waals surface area contributed by atoms with Gasteiger partial charge in [-0.2, -0.15) is 0 Å². The predicted octanol–water partition coefficient (Wildman–Crippen LogP) is 3.79. The summed E-state index contributed by atoms with van der Waals surface area (Å²) in [7, 11) is 0. The lowest BCUT2D eigenvalue weighted by atomic mass is 10.0. The van der Waals surface area contributed by atoms with Crippen LogP contribution in [0.5, 0.6) is 0 Å². The van der Waals surface area contributed by atoms with Crippen molar-refractivity contribution in [3.8, 4) is 0 Å². The van der Waals surface area contributed by atoms with Gasteiger partial charge in [0.05, 0.1) is 25.2 Å². The van der Waals surface area contributed by atoms with Gasteiger partial charge in [-0.3, -0.25) is 0 Å². The monoisotopic (exact) mass is 254 g/mol. The summed E-state index contributed by atoms with van der Waals surface area (Å²) in [6.45, 7) is 7.38. The SMILES string of the molecule is CC[N+]1(Cc2c(F)cc(C)cc2F)CCCCC1. The van der Waals surface area contributed by atoms with Crippen molar-refractivity contribution >= 4 is 0 Å². The first kappa shape index (κ1) is 13.5. The molecule has 0 unspecified atom stereocenters. The molecule has 0 N–H and O–H groups in total. The molecule has 0 atom stereocenters. The van der Waals surface area contributed by atoms with E-state index in [1.807, 2.05) is 0 Å². The maximum atomic E-state index is 13.9. The van der Waals surface area contributed by atoms with Crippen LogP contribution in [-0.2, 0) is 6.54 Å². The summed E-state index contributed by atoms with van der Waals surface area (Å²) in [4.78, 5) is 0. The van der Waals surface area contributed by atoms with E-state index in [4.69, 9.17) is 0 Å². The minimum absolute atomic E-state index is 0.268. The van der Waals surface area contributed by atoms with Gasteiger partial charge in [-0.1, -0.05) is 0 Å². The smallest absolute Gasteiger partial charge is 0.135 e. The highest BCUT2D eigenvalue weighted by molar-refractivity contribution is 5.24. The van der Waals surface area contributed by atoms with E-state index in [9.17, 15) is 8.78 Å². The van der Waals surface area contributed by atoms with E-state index in [0.29, 0.717) is 12.1 Å². The van der Waals surface area contributed by atoms with Crippen molar-refractivity contribution in [3.63, 3.8) is 0 Å². The zero-order chi connectivity index (χ0) is 13.2. The number of aryl methyl sites for hydroxylation is 1. The highest BCUT2D eigenvalue weighted by Crippen LogP contribution is 2.25. The van der Waals surface area contributed by atoms with Crippen LogP contribution in [0.15, 0.2) is 12.1 Å². The van der Waals surface area contributed by atoms with Crippen LogP contribution in [0.2, 0.25) is 0 Å². The maximum absolute atomic E-state index is 13.9. The summed E-state index contributed by atoms with van der Waals surface area (Å²) >= 11 is 0. The summed E-state index contributed by atoms with van der Waals surface area (Å²) in [6, 6.07) is 2.88. The molecule has 1 aliphatic rings. The standard InChI is InChI=1S/C15H22F2N/c1-3-18(7-5-4-6-8-18)11-13-14(16)9-12(2)10-15(13)17/h9-10H,3-8,11H2,1-2H3/q+1. The van der Waals surface area contributed by atoms with Gasteiger partial charge in [-0.25, -0.2) is 8.78 Å². The summed E-state index contributed by atoms with van der Waals surface area (Å²) in [5.74, 6) is -0.770. The molecular formula is C15H22F2N+. The highest BCUT2D eigenvalue weighted by atomic mass is 19.1. The van der Waals surface area contributed by atoms with Crippen molar-refractivity contribution in [2.24, 2.45) is 0 Å². The van der Waals surface area contributed by atoms with Crippen LogP contribution < -0.4 is 0 Å². The third-order valence-electron chi connectivity index (χ3n) is 4.21. The van der Waals surface area contributed by atoms with Crippen LogP contribution in [-0.4, -0.2) is 24.1 Å². The van der Waals surface area contributed by atoms with Crippen molar-refractivity contribution in [2.75, 3.05) is 19.6 Å². The fourth-order valence-corrected chi connectivity index (χ4v) is 2.99. The molecule has 0 saturated carbocycles. The molecular weight excluding hydrogens is 232 g/mol. The zero-order valence-electron chi connectivity index (χ0n) is 11.3. The minimum atomic E-state index is -0.385. The molecule has 0 aromatic heterocycles. The van der Waals surface area contributed by atoms with E-state index in [2.05, 4.69) is 6.92 Å². The Morgan fingerprint density at radius 2 is 1.61 bits per heavy atom. The normalized spacial score (nSPS) is 18.9. The van der Waals surface area contributed by atoms with Crippen molar-refractivity contribution in [1.29, 1.82) is 0 Å². The second kappa shape index (κ2) is 5.35. The van der Waals surface area contributed by atoms with E-state index >= 15 is 0 Å². The third kappa shape index (κ3) is 2.72. The van der Waals surface area contributed by atoms with Crippen LogP contribution in [0.3, 0.4) is 0 Å². The lowest BCUT2D eigenvalue weighted by Crippen LogP contribution is -2.50. The van der Waals surface area contributed by atoms with E-state index < -0.39 is 0 Å². The first-order valence-electron chi connectivity index (χ1n) is 6.86. The third-order valence-corrected chi connectivity index (χ3v) is 4.21. The first-order chi connectivity index (χ1) is 8.56. The molecule has 18 heavy (non-hydrogen) atoms. The van der Waals surface area contributed by atoms with Gasteiger partial charge in [0, 0.05) is 0 Å². The topological polar surface area (TPSA) is 0 Å². The Kier molecular flexibility index (Phi) is 4.00. The van der Waals surface area contributed by atoms with Crippen LogP contribution in [0, 0.1) is 18.6 Å². The number of hydrogen-bond acceptors (Lipinski definition) is 0. The number of piperidine rings is 1. The maximum Gasteiger partial charge on any atom is 0.135 e. The molecule has 1 fully saturated rings. The Hall–Kier alpha value is -0.960. The van der Waals surface area contributed by atoms with Crippen molar-refractivity contribution in [3.05, 3.63) is 34.9 Å². The fraction of sp³-hybridized carbons (Fsp3) is 0.600. The molecule has 0 amide bonds. The Balaban J connectivity index is 2.27. The molecule has 1 heterocycles. The van der Waals surface area contributed by atoms with E-state index in [1.54, 1.807) is 6.92 Å². The molecule has 1 aliphatic heterocycles. The number of benzene rings is 1. The van der Waals surface area contributed by atoms with Gasteiger partial charge in [-0.15, -0.1) is 0 Å². The summed E-state index contributed by atoms with van der Waals surface area (Å²) < 4.78 is 28.7. The van der Waals surface area contributed by atoms with Crippen LogP contribution >= 0.6 is 0 Å². The summed E-state index contributed by atoms with van der Waals surface area (Å²) in [5.41, 5.74) is 0.916. The summed E-state index contributed by atoms with van der Waals surface area (Å²) in [5, 5.41) is 0. The molecule has 0 radical (unpaired) electrons. The van der Waals surface area contributed by atoms with Gasteiger partial charge < -0.3 is 4.48 Å². The number of hydrogen-bond donors (Lipinski definition) is 0. The predicted molar refractivity (Wildman–Crippen MR) is 69.2 cm³/mol. The molecule has 1 aromatic carbocycles. The lowest BCUT2D eigenvalue weighted by molar-refractivity contribution is -0.943. The molecule has 1 nitrogen and oxygen atoms in total. The molecule has 0 bridgehead atoms. The molecule has 1 saturated heterocycles. The van der Waals surface area contributed by atoms with Gasteiger partial charge in [0.1, 0.15) is 18.2 Å². The number of halogens is 2. The van der Waals surface area contributed by atoms with Crippen molar-refractivity contribution < 1.29 is 13.3 Å². The quantitative estimate of drug-likeness (QED) is 0.720. The Labute approximate surface area is 108 Å². The number of quaternary nitrogens is 1. The fourth-order valence-electron chi connectivity index (χ4n) is 2.99. The number of rotatable bonds is 3. The Morgan fingerprint density at radius 1 is 1.06 bits per heavy atom. The average Bonchev–Trinajstić information content (AvgIpc) is 2.35. The van der Waals surface area contributed by atoms with Gasteiger partial charge in [0.15, 0.2) is 0 Å². The van der Waals surface area contributed by atoms with Crippen LogP contribution in [0.4, 0.5) is 8.78 Å². The highest BCUT2D eigenvalue weighted by Gasteiger charge is 2.30. The van der Waals surface area contributed by atoms with E-state index in [-0.39, 0.29) is 17.2 Å². The van der Waals surface area contributed by atoms with Crippen LogP contribution in [0.25, 0.3) is 0 Å². The second-order valence-electron chi connectivity index (χ2n) is 5.53. The first-order valence-corrected chi connectivity index (χ1v) is 6.86. The number of nitrogens with zero attached hydrogens (tertiary/aromatic N) is 1. The molecule has 1 aromatic rings. The number of likely N-dealkylation sites (tertiary alicyclic amines) is 1. The van der Waals surface area contributed by atoms with Gasteiger partial charge in [-0.05, 0) is 50.8 Å². The summed E-state index contributed by atoms with van der Waals surface area (Å²) in [6.07, 6.45) is 3.59. The molecule has 2 rings (SSSR count). The molecule has 0 spiro atoms. The van der Waals surface area contributed by atoms with Gasteiger partial charge >= 0.3 is 0 Å². The van der Waals surface area contributed by atoms with Gasteiger partial charge in [0.25, 0.3) is 0 Å². The zero-order valence-corrected chi connectivity index (χ0v) is 11.3. The molecule has 0 aliphatic carbocycles. The van der Waals surface area contributed by atoms with E-state index in [1.165, 1.54) is 31.4 Å². The van der Waals surface area contributed by atoms with Crippen LogP contribution in [0.1, 0.15) is 37.3 Å². The van der Waals surface area contributed by atoms with Gasteiger partial charge in [0.2, 0.25) is 0 Å². The Morgan fingerprint density at radius 3 is 2.11 bits per heavy atom. The van der Waals surface area contributed by atoms with Crippen molar-refractivity contribution in [2.45, 2.75) is 39.7 Å². The molecule has 3 heteroatoms. The largest absolute Gasteiger partial charge is 0.320 e.